The molecular weight excluding hydrogens is 357 g/mol. The van der Waals surface area contributed by atoms with E-state index in [-0.39, 0.29) is 23.3 Å². The van der Waals surface area contributed by atoms with Crippen molar-refractivity contribution in [1.29, 1.82) is 0 Å². The Labute approximate surface area is 154 Å². The van der Waals surface area contributed by atoms with Crippen molar-refractivity contribution in [1.82, 2.24) is 20.2 Å². The molecule has 3 aromatic rings. The highest BCUT2D eigenvalue weighted by atomic mass is 35.5. The molecule has 1 saturated heterocycles. The van der Waals surface area contributed by atoms with Crippen molar-refractivity contribution < 1.29 is 9.18 Å². The average molecular weight is 372 g/mol. The van der Waals surface area contributed by atoms with Crippen molar-refractivity contribution >= 4 is 23.5 Å². The third-order valence-corrected chi connectivity index (χ3v) is 4.81. The maximum absolute atomic E-state index is 13.7. The molecule has 132 valence electrons. The van der Waals surface area contributed by atoms with E-state index >= 15 is 0 Å². The van der Waals surface area contributed by atoms with Crippen molar-refractivity contribution in [2.75, 3.05) is 11.4 Å². The number of rotatable bonds is 3. The van der Waals surface area contributed by atoms with Crippen LogP contribution in [0.5, 0.6) is 0 Å². The summed E-state index contributed by atoms with van der Waals surface area (Å²) in [5, 5.41) is 7.08. The van der Waals surface area contributed by atoms with Gasteiger partial charge in [0.15, 0.2) is 5.82 Å². The first-order valence-electron chi connectivity index (χ1n) is 8.20. The van der Waals surface area contributed by atoms with E-state index in [4.69, 9.17) is 11.6 Å². The van der Waals surface area contributed by atoms with Gasteiger partial charge in [-0.2, -0.15) is 10.1 Å². The molecule has 26 heavy (non-hydrogen) atoms. The average Bonchev–Trinajstić information content (AvgIpc) is 3.14. The lowest BCUT2D eigenvalue weighted by molar-refractivity contribution is -0.120. The summed E-state index contributed by atoms with van der Waals surface area (Å²) >= 11 is 5.73. The lowest BCUT2D eigenvalue weighted by atomic mass is 9.89. The number of aromatic nitrogens is 4. The number of amides is 1. The van der Waals surface area contributed by atoms with E-state index in [9.17, 15) is 9.18 Å². The topological polar surface area (TPSA) is 74.8 Å². The van der Waals surface area contributed by atoms with Gasteiger partial charge in [0, 0.05) is 30.9 Å². The SMILES string of the molecule is O=C1CC(c2ccc(Cl)c(F)c2)CCN1c1nc(-c2ccncc2)n[nH]1. The lowest BCUT2D eigenvalue weighted by Gasteiger charge is -2.30. The normalized spacial score (nSPS) is 17.5. The number of hydrogen-bond donors (Lipinski definition) is 1. The van der Waals surface area contributed by atoms with Gasteiger partial charge in [-0.1, -0.05) is 17.7 Å². The predicted octanol–water partition coefficient (Wildman–Crippen LogP) is 3.57. The summed E-state index contributed by atoms with van der Waals surface area (Å²) in [5.41, 5.74) is 1.61. The lowest BCUT2D eigenvalue weighted by Crippen LogP contribution is -2.38. The summed E-state index contributed by atoms with van der Waals surface area (Å²) < 4.78 is 13.7. The third kappa shape index (κ3) is 3.17. The van der Waals surface area contributed by atoms with Gasteiger partial charge in [-0.15, -0.1) is 0 Å². The van der Waals surface area contributed by atoms with Gasteiger partial charge in [-0.05, 0) is 42.2 Å². The zero-order valence-electron chi connectivity index (χ0n) is 13.7. The number of H-pyrrole nitrogens is 1. The van der Waals surface area contributed by atoms with Crippen LogP contribution in [0, 0.1) is 5.82 Å². The first kappa shape index (κ1) is 16.7. The van der Waals surface area contributed by atoms with Crippen molar-refractivity contribution in [2.24, 2.45) is 0 Å². The fourth-order valence-corrected chi connectivity index (χ4v) is 3.23. The van der Waals surface area contributed by atoms with Gasteiger partial charge in [0.1, 0.15) is 5.82 Å². The van der Waals surface area contributed by atoms with Crippen LogP contribution in [0.15, 0.2) is 42.7 Å². The second-order valence-electron chi connectivity index (χ2n) is 6.13. The Balaban J connectivity index is 1.50. The van der Waals surface area contributed by atoms with E-state index in [1.54, 1.807) is 35.5 Å². The number of nitrogens with zero attached hydrogens (tertiary/aromatic N) is 4. The fourth-order valence-electron chi connectivity index (χ4n) is 3.11. The number of anilines is 1. The van der Waals surface area contributed by atoms with E-state index in [1.165, 1.54) is 12.1 Å². The van der Waals surface area contributed by atoms with Crippen LogP contribution in [0.1, 0.15) is 24.3 Å². The summed E-state index contributed by atoms with van der Waals surface area (Å²) in [4.78, 5) is 22.5. The van der Waals surface area contributed by atoms with Gasteiger partial charge in [-0.3, -0.25) is 14.7 Å². The molecule has 0 radical (unpaired) electrons. The van der Waals surface area contributed by atoms with E-state index in [2.05, 4.69) is 20.2 Å². The minimum absolute atomic E-state index is 0.0342. The zero-order valence-corrected chi connectivity index (χ0v) is 14.4. The van der Waals surface area contributed by atoms with Crippen molar-refractivity contribution in [3.63, 3.8) is 0 Å². The van der Waals surface area contributed by atoms with E-state index < -0.39 is 5.82 Å². The second kappa shape index (κ2) is 6.84. The number of halogens is 2. The quantitative estimate of drug-likeness (QED) is 0.763. The first-order valence-corrected chi connectivity index (χ1v) is 8.58. The first-order chi connectivity index (χ1) is 12.6. The number of benzene rings is 1. The molecule has 1 aromatic carbocycles. The molecule has 1 aliphatic heterocycles. The van der Waals surface area contributed by atoms with Gasteiger partial charge in [0.25, 0.3) is 0 Å². The molecule has 2 aromatic heterocycles. The number of piperidine rings is 1. The van der Waals surface area contributed by atoms with E-state index in [1.807, 2.05) is 0 Å². The third-order valence-electron chi connectivity index (χ3n) is 4.51. The maximum atomic E-state index is 13.7. The molecule has 1 atom stereocenters. The molecule has 1 unspecified atom stereocenters. The number of pyridine rings is 1. The van der Waals surface area contributed by atoms with Gasteiger partial charge in [-0.25, -0.2) is 9.49 Å². The fraction of sp³-hybridized carbons (Fsp3) is 0.222. The highest BCUT2D eigenvalue weighted by Gasteiger charge is 2.30. The molecule has 0 spiro atoms. The number of aromatic amines is 1. The minimum atomic E-state index is -0.462. The van der Waals surface area contributed by atoms with Crippen molar-refractivity contribution in [3.05, 3.63) is 59.1 Å². The van der Waals surface area contributed by atoms with Crippen LogP contribution in [0.3, 0.4) is 0 Å². The van der Waals surface area contributed by atoms with Crippen LogP contribution in [0.2, 0.25) is 5.02 Å². The molecular formula is C18H15ClFN5O. The van der Waals surface area contributed by atoms with E-state index in [0.29, 0.717) is 24.7 Å². The second-order valence-corrected chi connectivity index (χ2v) is 6.53. The molecule has 0 bridgehead atoms. The van der Waals surface area contributed by atoms with Crippen LogP contribution >= 0.6 is 11.6 Å². The standard InChI is InChI=1S/C18H15ClFN5O/c19-14-2-1-12(9-15(14)20)13-5-8-25(16(26)10-13)18-22-17(23-24-18)11-3-6-21-7-4-11/h1-4,6-7,9,13H,5,8,10H2,(H,22,23,24). The monoisotopic (exact) mass is 371 g/mol. The molecule has 6 nitrogen and oxygen atoms in total. The summed E-state index contributed by atoms with van der Waals surface area (Å²) in [6.45, 7) is 0.485. The van der Waals surface area contributed by atoms with Crippen LogP contribution in [0.25, 0.3) is 11.4 Å². The Bertz CT molecular complexity index is 946. The molecule has 1 amide bonds. The molecule has 0 aliphatic carbocycles. The molecule has 3 heterocycles. The van der Waals surface area contributed by atoms with Gasteiger partial charge < -0.3 is 0 Å². The summed E-state index contributed by atoms with van der Waals surface area (Å²) in [6, 6.07) is 8.31. The summed E-state index contributed by atoms with van der Waals surface area (Å²) in [6.07, 6.45) is 4.31. The highest BCUT2D eigenvalue weighted by molar-refractivity contribution is 6.30. The number of carbonyl (C=O) groups is 1. The predicted molar refractivity (Wildman–Crippen MR) is 95.4 cm³/mol. The largest absolute Gasteiger partial charge is 0.281 e. The Morgan fingerprint density at radius 1 is 1.23 bits per heavy atom. The van der Waals surface area contributed by atoms with Gasteiger partial charge >= 0.3 is 0 Å². The Kier molecular flexibility index (Phi) is 4.38. The molecule has 8 heteroatoms. The Morgan fingerprint density at radius 3 is 2.77 bits per heavy atom. The van der Waals surface area contributed by atoms with Crippen LogP contribution < -0.4 is 4.90 Å². The van der Waals surface area contributed by atoms with Crippen molar-refractivity contribution in [2.45, 2.75) is 18.8 Å². The smallest absolute Gasteiger partial charge is 0.229 e. The van der Waals surface area contributed by atoms with Gasteiger partial charge in [0.2, 0.25) is 11.9 Å². The van der Waals surface area contributed by atoms with Gasteiger partial charge in [0.05, 0.1) is 5.02 Å². The number of hydrogen-bond acceptors (Lipinski definition) is 4. The summed E-state index contributed by atoms with van der Waals surface area (Å²) in [5.74, 6) is 0.359. The molecule has 1 fully saturated rings. The number of nitrogens with one attached hydrogen (secondary N) is 1. The van der Waals surface area contributed by atoms with Crippen LogP contribution in [0.4, 0.5) is 10.3 Å². The molecule has 1 N–H and O–H groups in total. The summed E-state index contributed by atoms with van der Waals surface area (Å²) in [7, 11) is 0. The zero-order chi connectivity index (χ0) is 18.1. The minimum Gasteiger partial charge on any atom is -0.281 e. The molecule has 4 rings (SSSR count). The van der Waals surface area contributed by atoms with E-state index in [0.717, 1.165) is 11.1 Å². The Morgan fingerprint density at radius 2 is 2.04 bits per heavy atom. The molecule has 0 saturated carbocycles. The van der Waals surface area contributed by atoms with Crippen LogP contribution in [-0.4, -0.2) is 32.6 Å². The highest BCUT2D eigenvalue weighted by Crippen LogP contribution is 2.32. The molecule has 1 aliphatic rings. The number of carbonyl (C=O) groups excluding carboxylic acids is 1. The Hall–Kier alpha value is -2.80. The van der Waals surface area contributed by atoms with Crippen molar-refractivity contribution in [3.8, 4) is 11.4 Å². The van der Waals surface area contributed by atoms with Crippen LogP contribution in [-0.2, 0) is 4.79 Å². The maximum Gasteiger partial charge on any atom is 0.229 e.